The summed E-state index contributed by atoms with van der Waals surface area (Å²) >= 11 is 0. The van der Waals surface area contributed by atoms with Crippen LogP contribution in [0.4, 0.5) is 0 Å². The van der Waals surface area contributed by atoms with E-state index < -0.39 is 11.1 Å². The summed E-state index contributed by atoms with van der Waals surface area (Å²) in [6, 6.07) is 0. The van der Waals surface area contributed by atoms with Gasteiger partial charge in [0, 0.05) is 18.8 Å². The highest BCUT2D eigenvalue weighted by atomic mass is 35.5. The van der Waals surface area contributed by atoms with Crippen molar-refractivity contribution in [3.8, 4) is 0 Å². The molecule has 68 valence electrons. The number of hydrogen-bond acceptors (Lipinski definition) is 3. The third kappa shape index (κ3) is 2.63. The van der Waals surface area contributed by atoms with Crippen molar-refractivity contribution in [3.05, 3.63) is 10.1 Å². The second-order valence-electron chi connectivity index (χ2n) is 3.54. The largest absolute Gasteiger partial charge is 0.320 e. The maximum Gasteiger partial charge on any atom is 0.233 e. The third-order valence-corrected chi connectivity index (χ3v) is 2.03. The van der Waals surface area contributed by atoms with Gasteiger partial charge < -0.3 is 5.73 Å². The fraction of sp³-hybridized carbons (Fsp3) is 1.00. The van der Waals surface area contributed by atoms with E-state index in [4.69, 9.17) is 5.73 Å². The molecule has 0 aliphatic carbocycles. The number of rotatable bonds is 2. The molecule has 0 rings (SSSR count). The van der Waals surface area contributed by atoms with Crippen molar-refractivity contribution >= 4 is 12.4 Å². The first kappa shape index (κ1) is 13.3. The van der Waals surface area contributed by atoms with Crippen LogP contribution >= 0.6 is 12.4 Å². The highest BCUT2D eigenvalue weighted by Gasteiger charge is 2.44. The van der Waals surface area contributed by atoms with Crippen molar-refractivity contribution in [1.29, 1.82) is 0 Å². The predicted molar refractivity (Wildman–Crippen MR) is 46.6 cm³/mol. The summed E-state index contributed by atoms with van der Waals surface area (Å²) in [6.07, 6.45) is 0. The zero-order valence-corrected chi connectivity index (χ0v) is 8.07. The van der Waals surface area contributed by atoms with Gasteiger partial charge in [-0.05, 0) is 13.8 Å². The van der Waals surface area contributed by atoms with Crippen molar-refractivity contribution in [3.63, 3.8) is 0 Å². The van der Waals surface area contributed by atoms with Gasteiger partial charge in [0.25, 0.3) is 0 Å². The van der Waals surface area contributed by atoms with Gasteiger partial charge >= 0.3 is 0 Å². The molecule has 0 spiro atoms. The van der Waals surface area contributed by atoms with Crippen LogP contribution < -0.4 is 5.73 Å². The zero-order valence-electron chi connectivity index (χ0n) is 7.25. The summed E-state index contributed by atoms with van der Waals surface area (Å²) in [5, 5.41) is 10.4. The Bertz CT molecular complexity index is 151. The van der Waals surface area contributed by atoms with Crippen LogP contribution in [0.15, 0.2) is 0 Å². The molecule has 0 heterocycles. The lowest BCUT2D eigenvalue weighted by atomic mass is 9.84. The minimum absolute atomic E-state index is 0. The van der Waals surface area contributed by atoms with E-state index in [2.05, 4.69) is 0 Å². The molecule has 11 heavy (non-hydrogen) atoms. The maximum absolute atomic E-state index is 10.4. The van der Waals surface area contributed by atoms with Crippen molar-refractivity contribution in [1.82, 2.24) is 0 Å². The second kappa shape index (κ2) is 3.36. The molecule has 0 fully saturated rings. The fourth-order valence-electron chi connectivity index (χ4n) is 0.235. The molecular weight excluding hydrogens is 168 g/mol. The topological polar surface area (TPSA) is 69.2 Å². The van der Waals surface area contributed by atoms with Gasteiger partial charge in [0.1, 0.15) is 0 Å². The first-order chi connectivity index (χ1) is 4.19. The quantitative estimate of drug-likeness (QED) is 0.516. The van der Waals surface area contributed by atoms with Gasteiger partial charge in [0.15, 0.2) is 0 Å². The van der Waals surface area contributed by atoms with Crippen LogP contribution in [0.5, 0.6) is 0 Å². The molecular formula is C6H15ClN2O2. The molecule has 2 N–H and O–H groups in total. The Morgan fingerprint density at radius 3 is 1.55 bits per heavy atom. The van der Waals surface area contributed by atoms with Crippen molar-refractivity contribution < 1.29 is 4.92 Å². The molecule has 5 heteroatoms. The van der Waals surface area contributed by atoms with Crippen LogP contribution in [-0.2, 0) is 0 Å². The SMILES string of the molecule is CC(C)(N)C(C)(C)[N+](=O)[O-].Cl. The molecule has 0 amide bonds. The highest BCUT2D eigenvalue weighted by molar-refractivity contribution is 5.85. The fourth-order valence-corrected chi connectivity index (χ4v) is 0.235. The molecule has 0 saturated heterocycles. The van der Waals surface area contributed by atoms with E-state index in [9.17, 15) is 10.1 Å². The lowest BCUT2D eigenvalue weighted by molar-refractivity contribution is -0.571. The molecule has 0 atom stereocenters. The van der Waals surface area contributed by atoms with Gasteiger partial charge in [-0.2, -0.15) is 0 Å². The maximum atomic E-state index is 10.4. The summed E-state index contributed by atoms with van der Waals surface area (Å²) in [4.78, 5) is 10.0. The molecule has 0 radical (unpaired) electrons. The molecule has 0 aromatic heterocycles. The van der Waals surface area contributed by atoms with Crippen LogP contribution in [0.25, 0.3) is 0 Å². The number of nitrogens with zero attached hydrogens (tertiary/aromatic N) is 1. The molecule has 0 aromatic carbocycles. The Hall–Kier alpha value is -0.350. The third-order valence-electron chi connectivity index (χ3n) is 2.03. The van der Waals surface area contributed by atoms with Crippen LogP contribution in [0.1, 0.15) is 27.7 Å². The average molecular weight is 183 g/mol. The Morgan fingerprint density at radius 1 is 1.27 bits per heavy atom. The lowest BCUT2D eigenvalue weighted by Crippen LogP contribution is -2.57. The van der Waals surface area contributed by atoms with Crippen LogP contribution in [0.2, 0.25) is 0 Å². The van der Waals surface area contributed by atoms with E-state index in [1.54, 1.807) is 13.8 Å². The van der Waals surface area contributed by atoms with E-state index in [0.717, 1.165) is 0 Å². The van der Waals surface area contributed by atoms with Gasteiger partial charge in [-0.25, -0.2) is 0 Å². The minimum atomic E-state index is -1.06. The summed E-state index contributed by atoms with van der Waals surface area (Å²) < 4.78 is 0. The van der Waals surface area contributed by atoms with Gasteiger partial charge in [-0.1, -0.05) is 0 Å². The molecule has 0 aliphatic rings. The van der Waals surface area contributed by atoms with Crippen LogP contribution in [-0.4, -0.2) is 16.0 Å². The van der Waals surface area contributed by atoms with E-state index >= 15 is 0 Å². The predicted octanol–water partition coefficient (Wildman–Crippen LogP) is 1.20. The van der Waals surface area contributed by atoms with Gasteiger partial charge in [0.2, 0.25) is 5.54 Å². The monoisotopic (exact) mass is 182 g/mol. The Balaban J connectivity index is 0. The molecule has 0 bridgehead atoms. The number of nitro groups is 1. The Morgan fingerprint density at radius 2 is 1.55 bits per heavy atom. The summed E-state index contributed by atoms with van der Waals surface area (Å²) in [5.74, 6) is 0. The van der Waals surface area contributed by atoms with Crippen LogP contribution in [0.3, 0.4) is 0 Å². The Labute approximate surface area is 72.7 Å². The molecule has 0 aromatic rings. The van der Waals surface area contributed by atoms with Crippen LogP contribution in [0, 0.1) is 10.1 Å². The Kier molecular flexibility index (Phi) is 4.05. The summed E-state index contributed by atoms with van der Waals surface area (Å²) in [6.45, 7) is 6.34. The van der Waals surface area contributed by atoms with Gasteiger partial charge in [0.05, 0.1) is 5.54 Å². The molecule has 0 aliphatic heterocycles. The van der Waals surface area contributed by atoms with Gasteiger partial charge in [-0.15, -0.1) is 12.4 Å². The summed E-state index contributed by atoms with van der Waals surface area (Å²) in [5.41, 5.74) is 3.73. The second-order valence-corrected chi connectivity index (χ2v) is 3.54. The normalized spacial score (nSPS) is 12.1. The number of hydrogen-bond donors (Lipinski definition) is 1. The average Bonchev–Trinajstić information content (AvgIpc) is 1.62. The molecule has 0 saturated carbocycles. The first-order valence-corrected chi connectivity index (χ1v) is 3.13. The zero-order chi connectivity index (χ0) is 8.58. The van der Waals surface area contributed by atoms with E-state index in [-0.39, 0.29) is 17.3 Å². The smallest absolute Gasteiger partial charge is 0.233 e. The summed E-state index contributed by atoms with van der Waals surface area (Å²) in [7, 11) is 0. The first-order valence-electron chi connectivity index (χ1n) is 3.13. The lowest BCUT2D eigenvalue weighted by Gasteiger charge is -2.29. The minimum Gasteiger partial charge on any atom is -0.320 e. The van der Waals surface area contributed by atoms with E-state index in [1.807, 2.05) is 0 Å². The van der Waals surface area contributed by atoms with E-state index in [0.29, 0.717) is 0 Å². The number of nitrogens with two attached hydrogens (primary N) is 1. The van der Waals surface area contributed by atoms with Gasteiger partial charge in [-0.3, -0.25) is 10.1 Å². The van der Waals surface area contributed by atoms with Crippen molar-refractivity contribution in [2.24, 2.45) is 5.73 Å². The standard InChI is InChI=1S/C6H14N2O2.ClH/c1-5(2,7)6(3,4)8(9)10;/h7H2,1-4H3;1H. The molecule has 0 unspecified atom stereocenters. The highest BCUT2D eigenvalue weighted by Crippen LogP contribution is 2.20. The number of halogens is 1. The molecule has 4 nitrogen and oxygen atoms in total. The van der Waals surface area contributed by atoms with Crippen molar-refractivity contribution in [2.45, 2.75) is 38.8 Å². The van der Waals surface area contributed by atoms with Crippen molar-refractivity contribution in [2.75, 3.05) is 0 Å². The van der Waals surface area contributed by atoms with E-state index in [1.165, 1.54) is 13.8 Å².